The number of carbonyl (C=O) groups excluding carboxylic acids is 1. The van der Waals surface area contributed by atoms with E-state index in [1.165, 1.54) is 14.2 Å². The number of carbonyl (C=O) groups is 1. The van der Waals surface area contributed by atoms with Crippen molar-refractivity contribution in [2.75, 3.05) is 32.3 Å². The van der Waals surface area contributed by atoms with Crippen LogP contribution in [-0.4, -0.2) is 57.5 Å². The summed E-state index contributed by atoms with van der Waals surface area (Å²) in [7, 11) is -0.128. The molecule has 0 aliphatic heterocycles. The Morgan fingerprint density at radius 1 is 1.17 bits per heavy atom. The second-order valence-corrected chi connectivity index (χ2v) is 7.61. The molecule has 0 bridgehead atoms. The first kappa shape index (κ1) is 19.3. The number of rotatable bonds is 8. The van der Waals surface area contributed by atoms with Gasteiger partial charge in [-0.2, -0.15) is 0 Å². The minimum atomic E-state index is -3.15. The van der Waals surface area contributed by atoms with E-state index in [2.05, 4.69) is 0 Å². The van der Waals surface area contributed by atoms with Crippen LogP contribution in [0, 0.1) is 0 Å². The molecule has 0 spiro atoms. The molecule has 0 N–H and O–H groups in total. The van der Waals surface area contributed by atoms with Gasteiger partial charge in [0.1, 0.15) is 0 Å². The second kappa shape index (κ2) is 8.19. The fourth-order valence-electron chi connectivity index (χ4n) is 2.37. The Morgan fingerprint density at radius 2 is 1.78 bits per heavy atom. The molecule has 1 aromatic carbocycles. The molecule has 0 unspecified atom stereocenters. The number of sulfone groups is 1. The van der Waals surface area contributed by atoms with Crippen LogP contribution in [0.15, 0.2) is 18.2 Å². The van der Waals surface area contributed by atoms with Crippen LogP contribution in [0.1, 0.15) is 31.1 Å². The van der Waals surface area contributed by atoms with E-state index in [0.29, 0.717) is 23.6 Å². The van der Waals surface area contributed by atoms with E-state index in [4.69, 9.17) is 9.47 Å². The first-order chi connectivity index (χ1) is 10.8. The van der Waals surface area contributed by atoms with Gasteiger partial charge < -0.3 is 14.4 Å². The normalized spacial score (nSPS) is 12.6. The molecule has 7 heteroatoms. The lowest BCUT2D eigenvalue weighted by Crippen LogP contribution is -2.42. The van der Waals surface area contributed by atoms with E-state index in [1.807, 2.05) is 6.92 Å². The summed E-state index contributed by atoms with van der Waals surface area (Å²) in [4.78, 5) is 14.2. The number of nitrogens with zero attached hydrogens (tertiary/aromatic N) is 1. The van der Waals surface area contributed by atoms with Gasteiger partial charge in [0.05, 0.1) is 20.0 Å². The summed E-state index contributed by atoms with van der Waals surface area (Å²) in [6.45, 7) is 5.60. The van der Waals surface area contributed by atoms with Gasteiger partial charge in [-0.3, -0.25) is 4.79 Å². The second-order valence-electron chi connectivity index (χ2n) is 5.21. The molecule has 0 saturated carbocycles. The van der Waals surface area contributed by atoms with Crippen LogP contribution in [0.3, 0.4) is 0 Å². The number of hydrogen-bond acceptors (Lipinski definition) is 5. The maximum absolute atomic E-state index is 12.7. The van der Waals surface area contributed by atoms with Crippen LogP contribution < -0.4 is 9.47 Å². The monoisotopic (exact) mass is 343 g/mol. The average Bonchev–Trinajstić information content (AvgIpc) is 2.54. The number of methoxy groups -OCH3 is 2. The van der Waals surface area contributed by atoms with Crippen LogP contribution in [0.5, 0.6) is 11.5 Å². The summed E-state index contributed by atoms with van der Waals surface area (Å²) in [5.41, 5.74) is 0.435. The van der Waals surface area contributed by atoms with E-state index in [-0.39, 0.29) is 17.4 Å². The maximum Gasteiger partial charge on any atom is 0.254 e. The van der Waals surface area contributed by atoms with Crippen molar-refractivity contribution in [3.63, 3.8) is 0 Å². The van der Waals surface area contributed by atoms with E-state index >= 15 is 0 Å². The molecule has 0 radical (unpaired) electrons. The lowest BCUT2D eigenvalue weighted by atomic mass is 10.1. The highest BCUT2D eigenvalue weighted by atomic mass is 32.2. The zero-order valence-electron chi connectivity index (χ0n) is 14.3. The summed E-state index contributed by atoms with van der Waals surface area (Å²) in [6, 6.07) is 4.51. The molecule has 0 aliphatic carbocycles. The van der Waals surface area contributed by atoms with Gasteiger partial charge in [0.2, 0.25) is 0 Å². The third kappa shape index (κ3) is 4.86. The molecular formula is C16H25NO5S. The lowest BCUT2D eigenvalue weighted by molar-refractivity contribution is 0.0718. The Hall–Kier alpha value is -1.76. The molecule has 0 heterocycles. The van der Waals surface area contributed by atoms with Crippen molar-refractivity contribution in [2.45, 2.75) is 26.8 Å². The Balaban J connectivity index is 3.05. The summed E-state index contributed by atoms with van der Waals surface area (Å²) in [6.07, 6.45) is 0. The topological polar surface area (TPSA) is 72.9 Å². The highest BCUT2D eigenvalue weighted by molar-refractivity contribution is 7.91. The number of amides is 1. The molecular weight excluding hydrogens is 318 g/mol. The highest BCUT2D eigenvalue weighted by Gasteiger charge is 2.24. The van der Waals surface area contributed by atoms with Gasteiger partial charge >= 0.3 is 0 Å². The zero-order valence-corrected chi connectivity index (χ0v) is 15.1. The van der Waals surface area contributed by atoms with Crippen LogP contribution in [-0.2, 0) is 9.84 Å². The fourth-order valence-corrected chi connectivity index (χ4v) is 3.52. The van der Waals surface area contributed by atoms with Crippen molar-refractivity contribution in [2.24, 2.45) is 0 Å². The SMILES string of the molecule is CCN(C(=O)c1ccc(OC)c(OC)c1)[C@H](C)CS(=O)(=O)CC. The molecule has 1 aromatic rings. The van der Waals surface area contributed by atoms with E-state index in [9.17, 15) is 13.2 Å². The molecule has 130 valence electrons. The smallest absolute Gasteiger partial charge is 0.254 e. The minimum Gasteiger partial charge on any atom is -0.493 e. The first-order valence-electron chi connectivity index (χ1n) is 7.53. The van der Waals surface area contributed by atoms with Crippen LogP contribution in [0.2, 0.25) is 0 Å². The fraction of sp³-hybridized carbons (Fsp3) is 0.562. The Bertz CT molecular complexity index is 642. The maximum atomic E-state index is 12.7. The lowest BCUT2D eigenvalue weighted by Gasteiger charge is -2.28. The molecule has 1 rings (SSSR count). The number of benzene rings is 1. The molecule has 23 heavy (non-hydrogen) atoms. The minimum absolute atomic E-state index is 0.0453. The standard InChI is InChI=1S/C16H25NO5S/c1-6-17(12(3)11-23(19,20)7-2)16(18)13-8-9-14(21-4)15(10-13)22-5/h8-10,12H,6-7,11H2,1-5H3/t12-/m1/s1. The molecule has 0 saturated heterocycles. The van der Waals surface area contributed by atoms with Gasteiger partial charge in [0.25, 0.3) is 5.91 Å². The summed E-state index contributed by atoms with van der Waals surface area (Å²) in [5, 5.41) is 0. The van der Waals surface area contributed by atoms with Gasteiger partial charge in [-0.25, -0.2) is 8.42 Å². The van der Waals surface area contributed by atoms with E-state index in [1.54, 1.807) is 36.9 Å². The van der Waals surface area contributed by atoms with Crippen molar-refractivity contribution < 1.29 is 22.7 Å². The van der Waals surface area contributed by atoms with Crippen LogP contribution in [0.25, 0.3) is 0 Å². The van der Waals surface area contributed by atoms with Gasteiger partial charge in [0, 0.05) is 23.9 Å². The Labute approximate surface area is 138 Å². The largest absolute Gasteiger partial charge is 0.493 e. The van der Waals surface area contributed by atoms with Gasteiger partial charge in [-0.1, -0.05) is 6.92 Å². The van der Waals surface area contributed by atoms with Crippen molar-refractivity contribution in [1.82, 2.24) is 4.90 Å². The number of hydrogen-bond donors (Lipinski definition) is 0. The van der Waals surface area contributed by atoms with Gasteiger partial charge in [-0.15, -0.1) is 0 Å². The Kier molecular flexibility index (Phi) is 6.87. The molecule has 0 aliphatic rings. The summed E-state index contributed by atoms with van der Waals surface area (Å²) >= 11 is 0. The quantitative estimate of drug-likeness (QED) is 0.722. The van der Waals surface area contributed by atoms with Gasteiger partial charge in [-0.05, 0) is 32.0 Å². The van der Waals surface area contributed by atoms with E-state index < -0.39 is 15.9 Å². The molecule has 0 aromatic heterocycles. The van der Waals surface area contributed by atoms with Crippen molar-refractivity contribution in [1.29, 1.82) is 0 Å². The third-order valence-corrected chi connectivity index (χ3v) is 5.57. The predicted octanol–water partition coefficient (Wildman–Crippen LogP) is 1.99. The molecule has 6 nitrogen and oxygen atoms in total. The molecule has 1 atom stereocenters. The van der Waals surface area contributed by atoms with Gasteiger partial charge in [0.15, 0.2) is 21.3 Å². The van der Waals surface area contributed by atoms with Crippen molar-refractivity contribution in [3.05, 3.63) is 23.8 Å². The molecule has 1 amide bonds. The zero-order chi connectivity index (χ0) is 17.6. The highest BCUT2D eigenvalue weighted by Crippen LogP contribution is 2.28. The average molecular weight is 343 g/mol. The third-order valence-electron chi connectivity index (χ3n) is 3.70. The van der Waals surface area contributed by atoms with Crippen molar-refractivity contribution in [3.8, 4) is 11.5 Å². The number of ether oxygens (including phenoxy) is 2. The first-order valence-corrected chi connectivity index (χ1v) is 9.35. The van der Waals surface area contributed by atoms with E-state index in [0.717, 1.165) is 0 Å². The predicted molar refractivity (Wildman–Crippen MR) is 90.0 cm³/mol. The van der Waals surface area contributed by atoms with Crippen LogP contribution >= 0.6 is 0 Å². The van der Waals surface area contributed by atoms with Crippen LogP contribution in [0.4, 0.5) is 0 Å². The summed E-state index contributed by atoms with van der Waals surface area (Å²) in [5.74, 6) is 0.791. The Morgan fingerprint density at radius 3 is 2.26 bits per heavy atom. The van der Waals surface area contributed by atoms with Crippen molar-refractivity contribution >= 4 is 15.7 Å². The molecule has 0 fully saturated rings. The summed E-state index contributed by atoms with van der Waals surface area (Å²) < 4.78 is 34.0.